The summed E-state index contributed by atoms with van der Waals surface area (Å²) in [5, 5.41) is 3.24. The van der Waals surface area contributed by atoms with E-state index in [0.29, 0.717) is 24.7 Å². The number of amides is 1. The molecular weight excluding hydrogens is 370 g/mol. The number of nitrogens with one attached hydrogen (secondary N) is 2. The molecule has 1 aromatic carbocycles. The molecule has 1 fully saturated rings. The second-order valence-corrected chi connectivity index (χ2v) is 8.05. The highest BCUT2D eigenvalue weighted by Gasteiger charge is 2.24. The summed E-state index contributed by atoms with van der Waals surface area (Å²) in [6.07, 6.45) is 1.73. The molecule has 0 bridgehead atoms. The van der Waals surface area contributed by atoms with E-state index in [1.807, 2.05) is 13.8 Å². The number of benzene rings is 1. The zero-order chi connectivity index (χ0) is 19.9. The molecule has 0 radical (unpaired) electrons. The first-order chi connectivity index (χ1) is 12.9. The van der Waals surface area contributed by atoms with Gasteiger partial charge in [0.2, 0.25) is 15.9 Å². The van der Waals surface area contributed by atoms with Gasteiger partial charge in [0.25, 0.3) is 0 Å². The summed E-state index contributed by atoms with van der Waals surface area (Å²) >= 11 is 0. The number of piperidine rings is 1. The highest BCUT2D eigenvalue weighted by atomic mass is 32.2. The maximum absolute atomic E-state index is 12.6. The fraction of sp³-hybridized carbons (Fsp3) is 0.611. The van der Waals surface area contributed by atoms with E-state index in [1.165, 1.54) is 12.1 Å². The molecule has 0 aliphatic carbocycles. The highest BCUT2D eigenvalue weighted by molar-refractivity contribution is 7.89. The zero-order valence-electron chi connectivity index (χ0n) is 16.2. The smallest absolute Gasteiger partial charge is 0.241 e. The van der Waals surface area contributed by atoms with E-state index in [1.54, 1.807) is 18.0 Å². The van der Waals surface area contributed by atoms with Gasteiger partial charge in [0, 0.05) is 19.2 Å². The number of carbonyl (C=O) groups is 1. The first kappa shape index (κ1) is 21.5. The molecule has 1 aliphatic rings. The van der Waals surface area contributed by atoms with Gasteiger partial charge in [-0.15, -0.1) is 0 Å². The van der Waals surface area contributed by atoms with Gasteiger partial charge in [-0.2, -0.15) is 0 Å². The Hall–Kier alpha value is -1.84. The van der Waals surface area contributed by atoms with Crippen molar-refractivity contribution in [2.75, 3.05) is 39.9 Å². The number of rotatable bonds is 9. The number of ether oxygens (including phenoxy) is 2. The van der Waals surface area contributed by atoms with Crippen molar-refractivity contribution in [2.24, 2.45) is 0 Å². The van der Waals surface area contributed by atoms with Gasteiger partial charge in [-0.1, -0.05) is 0 Å². The van der Waals surface area contributed by atoms with E-state index in [4.69, 9.17) is 9.47 Å². The molecule has 152 valence electrons. The van der Waals surface area contributed by atoms with Gasteiger partial charge in [-0.3, -0.25) is 4.79 Å². The molecule has 1 heterocycles. The summed E-state index contributed by atoms with van der Waals surface area (Å²) in [5.41, 5.74) is 0. The van der Waals surface area contributed by atoms with Gasteiger partial charge in [0.05, 0.1) is 24.7 Å². The summed E-state index contributed by atoms with van der Waals surface area (Å²) in [6, 6.07) is 4.55. The molecule has 9 heteroatoms. The van der Waals surface area contributed by atoms with Crippen molar-refractivity contribution in [3.05, 3.63) is 18.2 Å². The van der Waals surface area contributed by atoms with E-state index in [9.17, 15) is 13.2 Å². The summed E-state index contributed by atoms with van der Waals surface area (Å²) < 4.78 is 38.4. The van der Waals surface area contributed by atoms with E-state index in [2.05, 4.69) is 10.0 Å². The van der Waals surface area contributed by atoms with Gasteiger partial charge >= 0.3 is 0 Å². The van der Waals surface area contributed by atoms with Crippen LogP contribution in [0.1, 0.15) is 26.7 Å². The third kappa shape index (κ3) is 5.82. The van der Waals surface area contributed by atoms with Gasteiger partial charge in [-0.05, 0) is 51.9 Å². The Morgan fingerprint density at radius 1 is 1.19 bits per heavy atom. The van der Waals surface area contributed by atoms with Gasteiger partial charge in [0.15, 0.2) is 11.5 Å². The molecule has 1 saturated heterocycles. The predicted molar refractivity (Wildman–Crippen MR) is 103 cm³/mol. The molecule has 1 aromatic rings. The molecule has 27 heavy (non-hydrogen) atoms. The highest BCUT2D eigenvalue weighted by Crippen LogP contribution is 2.30. The van der Waals surface area contributed by atoms with Crippen molar-refractivity contribution < 1.29 is 22.7 Å². The minimum atomic E-state index is -3.84. The summed E-state index contributed by atoms with van der Waals surface area (Å²) in [7, 11) is -2.12. The Balaban J connectivity index is 2.04. The average molecular weight is 400 g/mol. The lowest BCUT2D eigenvalue weighted by Gasteiger charge is -2.31. The van der Waals surface area contributed by atoms with Crippen molar-refractivity contribution in [3.8, 4) is 11.5 Å². The van der Waals surface area contributed by atoms with Crippen molar-refractivity contribution >= 4 is 15.9 Å². The molecular formula is C18H29N3O5S. The monoisotopic (exact) mass is 399 g/mol. The van der Waals surface area contributed by atoms with Crippen LogP contribution in [0.5, 0.6) is 11.5 Å². The Morgan fingerprint density at radius 2 is 1.81 bits per heavy atom. The number of carbonyl (C=O) groups excluding carboxylic acids is 1. The van der Waals surface area contributed by atoms with Crippen LogP contribution in [-0.4, -0.2) is 65.2 Å². The second kappa shape index (κ2) is 9.91. The average Bonchev–Trinajstić information content (AvgIpc) is 2.68. The Bertz CT molecular complexity index is 733. The van der Waals surface area contributed by atoms with Crippen LogP contribution in [0, 0.1) is 0 Å². The Morgan fingerprint density at radius 3 is 2.44 bits per heavy atom. The van der Waals surface area contributed by atoms with Crippen LogP contribution in [-0.2, 0) is 14.8 Å². The standard InChI is InChI=1S/C18H29N3O5S/c1-4-25-16-7-6-15(12-17(16)26-5-2)27(23,24)20-13-18(22)21(3)14-8-10-19-11-9-14/h6-7,12,14,19-20H,4-5,8-11,13H2,1-3H3. The molecule has 0 aromatic heterocycles. The van der Waals surface area contributed by atoms with Gasteiger partial charge in [0.1, 0.15) is 0 Å². The molecule has 1 aliphatic heterocycles. The molecule has 1 amide bonds. The van der Waals surface area contributed by atoms with Crippen molar-refractivity contribution in [1.82, 2.24) is 14.9 Å². The normalized spacial score (nSPS) is 15.4. The van der Waals surface area contributed by atoms with Crippen LogP contribution in [0.3, 0.4) is 0 Å². The zero-order valence-corrected chi connectivity index (χ0v) is 17.0. The molecule has 8 nitrogen and oxygen atoms in total. The SMILES string of the molecule is CCOc1ccc(S(=O)(=O)NCC(=O)N(C)C2CCNCC2)cc1OCC. The third-order valence-corrected chi connectivity index (χ3v) is 5.89. The minimum Gasteiger partial charge on any atom is -0.490 e. The topological polar surface area (TPSA) is 97.0 Å². The van der Waals surface area contributed by atoms with E-state index < -0.39 is 10.0 Å². The quantitative estimate of drug-likeness (QED) is 0.642. The van der Waals surface area contributed by atoms with E-state index >= 15 is 0 Å². The van der Waals surface area contributed by atoms with E-state index in [-0.39, 0.29) is 23.4 Å². The van der Waals surface area contributed by atoms with Crippen LogP contribution >= 0.6 is 0 Å². The number of hydrogen-bond donors (Lipinski definition) is 2. The van der Waals surface area contributed by atoms with Crippen molar-refractivity contribution in [1.29, 1.82) is 0 Å². The predicted octanol–water partition coefficient (Wildman–Crippen LogP) is 0.973. The molecule has 0 spiro atoms. The molecule has 0 saturated carbocycles. The summed E-state index contributed by atoms with van der Waals surface area (Å²) in [4.78, 5) is 14.0. The lowest BCUT2D eigenvalue weighted by atomic mass is 10.1. The number of nitrogens with zero attached hydrogens (tertiary/aromatic N) is 1. The van der Waals surface area contributed by atoms with Gasteiger partial charge < -0.3 is 19.7 Å². The van der Waals surface area contributed by atoms with Crippen LogP contribution in [0.4, 0.5) is 0 Å². The maximum Gasteiger partial charge on any atom is 0.241 e. The third-order valence-electron chi connectivity index (χ3n) is 4.49. The largest absolute Gasteiger partial charge is 0.490 e. The minimum absolute atomic E-state index is 0.0340. The number of sulfonamides is 1. The van der Waals surface area contributed by atoms with Crippen LogP contribution in [0.25, 0.3) is 0 Å². The lowest BCUT2D eigenvalue weighted by molar-refractivity contribution is -0.131. The van der Waals surface area contributed by atoms with Crippen molar-refractivity contribution in [2.45, 2.75) is 37.6 Å². The van der Waals surface area contributed by atoms with Crippen LogP contribution in [0.15, 0.2) is 23.1 Å². The Labute approximate surface area is 161 Å². The van der Waals surface area contributed by atoms with Gasteiger partial charge in [-0.25, -0.2) is 13.1 Å². The first-order valence-corrected chi connectivity index (χ1v) is 10.7. The summed E-state index contributed by atoms with van der Waals surface area (Å²) in [5.74, 6) is 0.599. The fourth-order valence-corrected chi connectivity index (χ4v) is 3.95. The van der Waals surface area contributed by atoms with E-state index in [0.717, 1.165) is 25.9 Å². The molecule has 0 atom stereocenters. The molecule has 2 N–H and O–H groups in total. The Kier molecular flexibility index (Phi) is 7.88. The first-order valence-electron chi connectivity index (χ1n) is 9.24. The molecule has 2 rings (SSSR count). The lowest BCUT2D eigenvalue weighted by Crippen LogP contribution is -2.47. The van der Waals surface area contributed by atoms with Crippen LogP contribution in [0.2, 0.25) is 0 Å². The second-order valence-electron chi connectivity index (χ2n) is 6.28. The van der Waals surface area contributed by atoms with Crippen LogP contribution < -0.4 is 19.5 Å². The fourth-order valence-electron chi connectivity index (χ4n) is 2.96. The molecule has 0 unspecified atom stereocenters. The number of hydrogen-bond acceptors (Lipinski definition) is 6. The maximum atomic E-state index is 12.6. The van der Waals surface area contributed by atoms with Crippen molar-refractivity contribution in [3.63, 3.8) is 0 Å². The number of likely N-dealkylation sites (N-methyl/N-ethyl adjacent to an activating group) is 1. The summed E-state index contributed by atoms with van der Waals surface area (Å²) in [6.45, 7) is 5.93.